The first-order valence-electron chi connectivity index (χ1n) is 18.8. The summed E-state index contributed by atoms with van der Waals surface area (Å²) < 4.78 is 0. The predicted molar refractivity (Wildman–Crippen MR) is 231 cm³/mol. The van der Waals surface area contributed by atoms with Gasteiger partial charge in [0.05, 0.1) is 0 Å². The Kier molecular flexibility index (Phi) is 7.41. The molecule has 2 aliphatic rings. The van der Waals surface area contributed by atoms with E-state index in [1.54, 1.807) is 0 Å². The Morgan fingerprint density at radius 3 is 1.41 bits per heavy atom. The molecule has 10 rings (SSSR count). The quantitative estimate of drug-likeness (QED) is 0.166. The third-order valence-electron chi connectivity index (χ3n) is 11.8. The monoisotopic (exact) mass is 725 g/mol. The van der Waals surface area contributed by atoms with E-state index in [0.29, 0.717) is 17.5 Å². The number of aromatic nitrogens is 3. The molecule has 1 aromatic heterocycles. The summed E-state index contributed by atoms with van der Waals surface area (Å²) in [6, 6.07) is 59.5. The smallest absolute Gasteiger partial charge is 0.164 e. The summed E-state index contributed by atoms with van der Waals surface area (Å²) >= 11 is 0. The zero-order valence-corrected chi connectivity index (χ0v) is 32.9. The van der Waals surface area contributed by atoms with Gasteiger partial charge in [-0.25, -0.2) is 15.0 Å². The maximum atomic E-state index is 5.39. The van der Waals surface area contributed by atoms with Gasteiger partial charge in [0.1, 0.15) is 16.1 Å². The van der Waals surface area contributed by atoms with Gasteiger partial charge in [-0.3, -0.25) is 0 Å². The van der Waals surface area contributed by atoms with E-state index in [1.807, 2.05) is 6.07 Å². The van der Waals surface area contributed by atoms with Crippen LogP contribution >= 0.6 is 0 Å². The van der Waals surface area contributed by atoms with Crippen LogP contribution in [0.3, 0.4) is 0 Å². The highest BCUT2D eigenvalue weighted by Crippen LogP contribution is 2.39. The molecule has 0 unspecified atom stereocenters. The van der Waals surface area contributed by atoms with Crippen molar-refractivity contribution >= 4 is 36.9 Å². The van der Waals surface area contributed by atoms with Gasteiger partial charge in [0.25, 0.3) is 0 Å². The molecule has 3 heterocycles. The summed E-state index contributed by atoms with van der Waals surface area (Å²) in [4.78, 5) is 15.9. The van der Waals surface area contributed by atoms with Crippen molar-refractivity contribution in [2.75, 3.05) is 0 Å². The molecule has 0 spiro atoms. The zero-order chi connectivity index (χ0) is 36.6. The minimum Gasteiger partial charge on any atom is -0.208 e. The third kappa shape index (κ3) is 5.11. The van der Waals surface area contributed by atoms with Gasteiger partial charge in [-0.1, -0.05) is 172 Å². The molecule has 0 saturated heterocycles. The fourth-order valence-electron chi connectivity index (χ4n) is 8.85. The van der Waals surface area contributed by atoms with E-state index in [2.05, 4.69) is 184 Å². The van der Waals surface area contributed by atoms with Crippen LogP contribution in [0.4, 0.5) is 0 Å². The first-order chi connectivity index (χ1) is 26.3. The fourth-order valence-corrected chi connectivity index (χ4v) is 15.0. The molecule has 54 heavy (non-hydrogen) atoms. The SMILES string of the molecule is C[Si]1(C)c2ccc(-c3ccccc3)cc2-c2cc(-c3nc(-c4ccccc4)nc(-c4cc5c(cc4-c4ccccc4)[Si](C)(C)c4ccccc4-5)n3)ccc21. The van der Waals surface area contributed by atoms with E-state index in [9.17, 15) is 0 Å². The second-order valence-corrected chi connectivity index (χ2v) is 24.3. The number of nitrogens with zero attached hydrogens (tertiary/aromatic N) is 3. The molecule has 0 aliphatic carbocycles. The topological polar surface area (TPSA) is 38.7 Å². The lowest BCUT2D eigenvalue weighted by Crippen LogP contribution is -2.49. The minimum atomic E-state index is -1.92. The van der Waals surface area contributed by atoms with Gasteiger partial charge in [-0.2, -0.15) is 0 Å². The molecule has 8 aromatic rings. The minimum absolute atomic E-state index is 0.673. The van der Waals surface area contributed by atoms with E-state index in [0.717, 1.165) is 27.8 Å². The number of hydrogen-bond acceptors (Lipinski definition) is 3. The highest BCUT2D eigenvalue weighted by atomic mass is 28.3. The lowest BCUT2D eigenvalue weighted by molar-refractivity contribution is 1.07. The number of fused-ring (bicyclic) bond motifs is 6. The molecule has 0 bridgehead atoms. The molecular formula is C49H39N3Si2. The number of rotatable bonds is 5. The summed E-state index contributed by atoms with van der Waals surface area (Å²) in [6.07, 6.45) is 0. The maximum Gasteiger partial charge on any atom is 0.164 e. The van der Waals surface area contributed by atoms with Gasteiger partial charge in [-0.15, -0.1) is 0 Å². The number of hydrogen-bond donors (Lipinski definition) is 0. The molecule has 3 nitrogen and oxygen atoms in total. The lowest BCUT2D eigenvalue weighted by atomic mass is 9.94. The van der Waals surface area contributed by atoms with E-state index in [4.69, 9.17) is 15.0 Å². The van der Waals surface area contributed by atoms with Crippen molar-refractivity contribution in [1.82, 2.24) is 15.0 Å². The Morgan fingerprint density at radius 2 is 0.741 bits per heavy atom. The van der Waals surface area contributed by atoms with Crippen LogP contribution in [0.15, 0.2) is 164 Å². The Labute approximate surface area is 319 Å². The van der Waals surface area contributed by atoms with Crippen LogP contribution in [-0.2, 0) is 0 Å². The van der Waals surface area contributed by atoms with Crippen LogP contribution in [0, 0.1) is 0 Å². The van der Waals surface area contributed by atoms with Crippen LogP contribution in [0.5, 0.6) is 0 Å². The molecule has 0 amide bonds. The summed E-state index contributed by atoms with van der Waals surface area (Å²) in [6.45, 7) is 9.88. The molecule has 0 fully saturated rings. The van der Waals surface area contributed by atoms with Crippen molar-refractivity contribution in [1.29, 1.82) is 0 Å². The van der Waals surface area contributed by atoms with E-state index < -0.39 is 16.1 Å². The van der Waals surface area contributed by atoms with Crippen molar-refractivity contribution in [3.8, 4) is 78.7 Å². The van der Waals surface area contributed by atoms with Gasteiger partial charge >= 0.3 is 0 Å². The highest BCUT2D eigenvalue weighted by molar-refractivity contribution is 7.04. The van der Waals surface area contributed by atoms with Gasteiger partial charge in [0.15, 0.2) is 17.5 Å². The van der Waals surface area contributed by atoms with Crippen molar-refractivity contribution in [3.05, 3.63) is 164 Å². The molecular weight excluding hydrogens is 687 g/mol. The van der Waals surface area contributed by atoms with Gasteiger partial charge in [0, 0.05) is 16.7 Å². The molecule has 0 radical (unpaired) electrons. The van der Waals surface area contributed by atoms with Crippen LogP contribution in [0.25, 0.3) is 78.7 Å². The zero-order valence-electron chi connectivity index (χ0n) is 30.9. The van der Waals surface area contributed by atoms with Crippen LogP contribution in [-0.4, -0.2) is 31.1 Å². The Bertz CT molecular complexity index is 2760. The van der Waals surface area contributed by atoms with Crippen molar-refractivity contribution in [2.45, 2.75) is 26.2 Å². The van der Waals surface area contributed by atoms with E-state index in [1.165, 1.54) is 54.1 Å². The summed E-state index contributed by atoms with van der Waals surface area (Å²) in [5.74, 6) is 2.04. The Balaban J connectivity index is 1.20. The first kappa shape index (κ1) is 32.6. The van der Waals surface area contributed by atoms with Crippen LogP contribution in [0.1, 0.15) is 0 Å². The predicted octanol–water partition coefficient (Wildman–Crippen LogP) is 9.81. The summed E-state index contributed by atoms with van der Waals surface area (Å²) in [5.41, 5.74) is 13.0. The fraction of sp³-hybridized carbons (Fsp3) is 0.0816. The highest BCUT2D eigenvalue weighted by Gasteiger charge is 2.39. The molecule has 0 N–H and O–H groups in total. The molecule has 5 heteroatoms. The van der Waals surface area contributed by atoms with E-state index in [-0.39, 0.29) is 0 Å². The van der Waals surface area contributed by atoms with Gasteiger partial charge in [0.2, 0.25) is 0 Å². The largest absolute Gasteiger partial charge is 0.208 e. The van der Waals surface area contributed by atoms with Crippen molar-refractivity contribution < 1.29 is 0 Å². The molecule has 258 valence electrons. The van der Waals surface area contributed by atoms with E-state index >= 15 is 0 Å². The second-order valence-electron chi connectivity index (χ2n) is 15.7. The standard InChI is InChI=1S/C49H39N3Si2/c1-53(2)44-26-24-35(32-16-8-5-9-17-32)28-39(44)40-29-36(25-27-45(40)53)48-50-47(34-20-12-7-13-21-34)51-49(52-48)42-30-41-37-22-14-15-23-43(37)54(3,4)46(41)31-38(42)33-18-10-6-11-19-33/h5-31H,1-4H3. The summed E-state index contributed by atoms with van der Waals surface area (Å²) in [7, 11) is -3.83. The first-order valence-corrected chi connectivity index (χ1v) is 24.8. The lowest BCUT2D eigenvalue weighted by Gasteiger charge is -2.21. The molecule has 0 atom stereocenters. The summed E-state index contributed by atoms with van der Waals surface area (Å²) in [5, 5.41) is 5.88. The second kappa shape index (κ2) is 12.3. The average Bonchev–Trinajstić information content (AvgIpc) is 3.59. The van der Waals surface area contributed by atoms with Gasteiger partial charge in [-0.05, 0) is 83.5 Å². The van der Waals surface area contributed by atoms with Crippen molar-refractivity contribution in [2.24, 2.45) is 0 Å². The Hall–Kier alpha value is -6.02. The number of benzene rings is 7. The van der Waals surface area contributed by atoms with Crippen molar-refractivity contribution in [3.63, 3.8) is 0 Å². The Morgan fingerprint density at radius 1 is 0.278 bits per heavy atom. The van der Waals surface area contributed by atoms with Gasteiger partial charge < -0.3 is 0 Å². The molecule has 2 aliphatic heterocycles. The van der Waals surface area contributed by atoms with Crippen LogP contribution in [0.2, 0.25) is 26.2 Å². The normalized spacial score (nSPS) is 14.2. The molecule has 0 saturated carbocycles. The maximum absolute atomic E-state index is 5.39. The molecule has 7 aromatic carbocycles. The van der Waals surface area contributed by atoms with Crippen LogP contribution < -0.4 is 20.7 Å². The average molecular weight is 726 g/mol. The third-order valence-corrected chi connectivity index (χ3v) is 18.9.